The van der Waals surface area contributed by atoms with E-state index in [1.54, 1.807) is 47.1 Å². The van der Waals surface area contributed by atoms with E-state index in [0.717, 1.165) is 29.2 Å². The van der Waals surface area contributed by atoms with Gasteiger partial charge in [0, 0.05) is 52.4 Å². The summed E-state index contributed by atoms with van der Waals surface area (Å²) in [6.45, 7) is 1.08. The molecule has 1 aromatic heterocycles. The van der Waals surface area contributed by atoms with Gasteiger partial charge >= 0.3 is 0 Å². The molecule has 1 saturated heterocycles. The van der Waals surface area contributed by atoms with Gasteiger partial charge in [-0.15, -0.1) is 11.8 Å². The number of nitrogens with zero attached hydrogens (tertiary/aromatic N) is 2. The van der Waals surface area contributed by atoms with Gasteiger partial charge in [-0.1, -0.05) is 17.7 Å². The van der Waals surface area contributed by atoms with Crippen molar-refractivity contribution in [3.63, 3.8) is 0 Å². The second-order valence-electron chi connectivity index (χ2n) is 7.76. The number of carbonyl (C=O) groups excluding carboxylic acids is 2. The van der Waals surface area contributed by atoms with Crippen molar-refractivity contribution in [1.82, 2.24) is 9.88 Å². The second-order valence-corrected chi connectivity index (χ2v) is 9.25. The number of carbonyl (C=O) groups is 2. The Bertz CT molecular complexity index is 1060. The highest BCUT2D eigenvalue weighted by Crippen LogP contribution is 2.25. The van der Waals surface area contributed by atoms with E-state index in [9.17, 15) is 9.59 Å². The van der Waals surface area contributed by atoms with Crippen LogP contribution < -0.4 is 5.32 Å². The van der Waals surface area contributed by atoms with Crippen LogP contribution in [0, 0.1) is 5.92 Å². The van der Waals surface area contributed by atoms with Crippen molar-refractivity contribution in [2.75, 3.05) is 18.4 Å². The number of anilines is 1. The van der Waals surface area contributed by atoms with Crippen LogP contribution in [0.1, 0.15) is 28.8 Å². The number of aromatic nitrogens is 1. The molecule has 2 heterocycles. The van der Waals surface area contributed by atoms with Gasteiger partial charge in [0.25, 0.3) is 5.91 Å². The average Bonchev–Trinajstić information content (AvgIpc) is 2.84. The molecule has 1 aliphatic rings. The molecule has 1 atom stereocenters. The van der Waals surface area contributed by atoms with Crippen LogP contribution in [0.25, 0.3) is 0 Å². The topological polar surface area (TPSA) is 62.3 Å². The summed E-state index contributed by atoms with van der Waals surface area (Å²) >= 11 is 7.64. The standard InChI is InChI=1S/C25H24ClN3O2S/c26-21-7-5-19(6-8-21)25(31)29-14-2-4-20(16-29)24(30)28-22-9-11-23(12-10-22)32-17-18-3-1-13-27-15-18/h1,3,5-13,15,20H,2,4,14,16-17H2,(H,28,30). The Morgan fingerprint density at radius 2 is 1.88 bits per heavy atom. The molecule has 2 aromatic carbocycles. The van der Waals surface area contributed by atoms with E-state index in [2.05, 4.69) is 16.4 Å². The SMILES string of the molecule is O=C(Nc1ccc(SCc2cccnc2)cc1)C1CCCN(C(=O)c2ccc(Cl)cc2)C1. The summed E-state index contributed by atoms with van der Waals surface area (Å²) < 4.78 is 0. The lowest BCUT2D eigenvalue weighted by Gasteiger charge is -2.32. The van der Waals surface area contributed by atoms with E-state index in [4.69, 9.17) is 11.6 Å². The predicted molar refractivity (Wildman–Crippen MR) is 129 cm³/mol. The lowest BCUT2D eigenvalue weighted by Crippen LogP contribution is -2.43. The summed E-state index contributed by atoms with van der Waals surface area (Å²) in [5.41, 5.74) is 2.53. The van der Waals surface area contributed by atoms with Gasteiger partial charge in [-0.2, -0.15) is 0 Å². The zero-order chi connectivity index (χ0) is 22.3. The van der Waals surface area contributed by atoms with E-state index in [-0.39, 0.29) is 17.7 Å². The van der Waals surface area contributed by atoms with E-state index < -0.39 is 0 Å². The van der Waals surface area contributed by atoms with Gasteiger partial charge in [-0.05, 0) is 73.0 Å². The summed E-state index contributed by atoms with van der Waals surface area (Å²) in [5.74, 6) is 0.516. The number of amides is 2. The third-order valence-electron chi connectivity index (χ3n) is 5.42. The van der Waals surface area contributed by atoms with Gasteiger partial charge in [-0.25, -0.2) is 0 Å². The van der Waals surface area contributed by atoms with Crippen molar-refractivity contribution in [3.8, 4) is 0 Å². The van der Waals surface area contributed by atoms with Crippen LogP contribution in [0.3, 0.4) is 0 Å². The molecule has 1 aliphatic heterocycles. The maximum absolute atomic E-state index is 12.8. The molecule has 1 N–H and O–H groups in total. The molecule has 1 fully saturated rings. The first-order chi connectivity index (χ1) is 15.6. The van der Waals surface area contributed by atoms with Gasteiger partial charge < -0.3 is 10.2 Å². The van der Waals surface area contributed by atoms with Gasteiger partial charge in [0.15, 0.2) is 0 Å². The summed E-state index contributed by atoms with van der Waals surface area (Å²) in [6.07, 6.45) is 5.22. The van der Waals surface area contributed by atoms with Crippen molar-refractivity contribution < 1.29 is 9.59 Å². The molecule has 7 heteroatoms. The summed E-state index contributed by atoms with van der Waals surface area (Å²) in [5, 5.41) is 3.60. The maximum atomic E-state index is 12.8. The largest absolute Gasteiger partial charge is 0.338 e. The lowest BCUT2D eigenvalue weighted by molar-refractivity contribution is -0.121. The Hall–Kier alpha value is -2.83. The fraction of sp³-hybridized carbons (Fsp3) is 0.240. The molecule has 1 unspecified atom stereocenters. The van der Waals surface area contributed by atoms with Crippen molar-refractivity contribution in [2.45, 2.75) is 23.5 Å². The van der Waals surface area contributed by atoms with Crippen LogP contribution in [-0.4, -0.2) is 34.8 Å². The van der Waals surface area contributed by atoms with Gasteiger partial charge in [0.1, 0.15) is 0 Å². The second kappa shape index (κ2) is 10.7. The molecule has 0 bridgehead atoms. The molecule has 32 heavy (non-hydrogen) atoms. The highest BCUT2D eigenvalue weighted by molar-refractivity contribution is 7.98. The average molecular weight is 466 g/mol. The number of rotatable bonds is 6. The molecule has 5 nitrogen and oxygen atoms in total. The highest BCUT2D eigenvalue weighted by atomic mass is 35.5. The van der Waals surface area contributed by atoms with Gasteiger partial charge in [0.05, 0.1) is 5.92 Å². The fourth-order valence-corrected chi connectivity index (χ4v) is 4.64. The Morgan fingerprint density at radius 3 is 2.59 bits per heavy atom. The zero-order valence-corrected chi connectivity index (χ0v) is 19.1. The molecule has 2 amide bonds. The number of halogens is 1. The monoisotopic (exact) mass is 465 g/mol. The quantitative estimate of drug-likeness (QED) is 0.487. The minimum absolute atomic E-state index is 0.0469. The van der Waals surface area contributed by atoms with Crippen molar-refractivity contribution in [3.05, 3.63) is 89.2 Å². The Morgan fingerprint density at radius 1 is 1.09 bits per heavy atom. The Labute approximate surface area is 197 Å². The first-order valence-corrected chi connectivity index (χ1v) is 11.9. The molecular formula is C25H24ClN3O2S. The predicted octanol–water partition coefficient (Wildman–Crippen LogP) is 5.52. The van der Waals surface area contributed by atoms with E-state index in [1.807, 2.05) is 36.5 Å². The van der Waals surface area contributed by atoms with E-state index >= 15 is 0 Å². The number of pyridine rings is 1. The zero-order valence-electron chi connectivity index (χ0n) is 17.5. The first-order valence-electron chi connectivity index (χ1n) is 10.6. The molecule has 3 aromatic rings. The number of hydrogen-bond donors (Lipinski definition) is 1. The number of hydrogen-bond acceptors (Lipinski definition) is 4. The number of thioether (sulfide) groups is 1. The summed E-state index contributed by atoms with van der Waals surface area (Å²) in [4.78, 5) is 32.6. The van der Waals surface area contributed by atoms with Crippen LogP contribution in [0.5, 0.6) is 0 Å². The molecule has 0 aliphatic carbocycles. The molecule has 0 saturated carbocycles. The summed E-state index contributed by atoms with van der Waals surface area (Å²) in [7, 11) is 0. The van der Waals surface area contributed by atoms with Crippen molar-refractivity contribution in [2.24, 2.45) is 5.92 Å². The van der Waals surface area contributed by atoms with Crippen molar-refractivity contribution >= 4 is 40.9 Å². The molecule has 0 spiro atoms. The lowest BCUT2D eigenvalue weighted by atomic mass is 9.96. The molecule has 4 rings (SSSR count). The Kier molecular flexibility index (Phi) is 7.45. The van der Waals surface area contributed by atoms with E-state index in [0.29, 0.717) is 23.7 Å². The van der Waals surface area contributed by atoms with Crippen LogP contribution in [0.15, 0.2) is 78.0 Å². The smallest absolute Gasteiger partial charge is 0.253 e. The van der Waals surface area contributed by atoms with Crippen molar-refractivity contribution in [1.29, 1.82) is 0 Å². The minimum atomic E-state index is -0.223. The van der Waals surface area contributed by atoms with Crippen LogP contribution >= 0.6 is 23.4 Å². The normalized spacial score (nSPS) is 15.9. The molecule has 164 valence electrons. The minimum Gasteiger partial charge on any atom is -0.338 e. The third-order valence-corrected chi connectivity index (χ3v) is 6.76. The number of nitrogens with one attached hydrogen (secondary N) is 1. The molecule has 0 radical (unpaired) electrons. The van der Waals surface area contributed by atoms with Gasteiger partial charge in [0.2, 0.25) is 5.91 Å². The van der Waals surface area contributed by atoms with Crippen LogP contribution in [0.4, 0.5) is 5.69 Å². The summed E-state index contributed by atoms with van der Waals surface area (Å²) in [6, 6.07) is 18.7. The number of piperidine rings is 1. The Balaban J connectivity index is 1.31. The van der Waals surface area contributed by atoms with E-state index in [1.165, 1.54) is 5.56 Å². The maximum Gasteiger partial charge on any atom is 0.253 e. The number of likely N-dealkylation sites (tertiary alicyclic amines) is 1. The highest BCUT2D eigenvalue weighted by Gasteiger charge is 2.29. The van der Waals surface area contributed by atoms with Crippen LogP contribution in [0.2, 0.25) is 5.02 Å². The third kappa shape index (κ3) is 5.90. The van der Waals surface area contributed by atoms with Crippen LogP contribution in [-0.2, 0) is 10.5 Å². The van der Waals surface area contributed by atoms with Gasteiger partial charge in [-0.3, -0.25) is 14.6 Å². The molecular weight excluding hydrogens is 442 g/mol. The number of benzene rings is 2. The fourth-order valence-electron chi connectivity index (χ4n) is 3.68. The first kappa shape index (κ1) is 22.4.